The van der Waals surface area contributed by atoms with Crippen LogP contribution < -0.4 is 0 Å². The van der Waals surface area contributed by atoms with Crippen molar-refractivity contribution in [3.63, 3.8) is 0 Å². The van der Waals surface area contributed by atoms with Crippen LogP contribution in [0.1, 0.15) is 45.4 Å². The molecule has 0 atom stereocenters. The van der Waals surface area contributed by atoms with Crippen molar-refractivity contribution >= 4 is 23.0 Å². The standard InChI is InChI=1S/C8H17.Sb/c1-3-5-7-8-6-4-2;/h1,3-8H2,2H3;. The van der Waals surface area contributed by atoms with Crippen molar-refractivity contribution in [2.75, 3.05) is 0 Å². The first-order valence-electron chi connectivity index (χ1n) is 4.02. The second kappa shape index (κ2) is 8.82. The van der Waals surface area contributed by atoms with E-state index < -0.39 is 0 Å². The van der Waals surface area contributed by atoms with Crippen molar-refractivity contribution in [1.82, 2.24) is 0 Å². The fourth-order valence-corrected chi connectivity index (χ4v) is 1.53. The van der Waals surface area contributed by atoms with Crippen LogP contribution in [0.4, 0.5) is 0 Å². The number of hydrogen-bond acceptors (Lipinski definition) is 0. The molecular weight excluding hydrogens is 218 g/mol. The van der Waals surface area contributed by atoms with E-state index in [2.05, 4.69) is 6.92 Å². The molecule has 0 aliphatic heterocycles. The van der Waals surface area contributed by atoms with E-state index in [1.165, 1.54) is 42.9 Å². The summed E-state index contributed by atoms with van der Waals surface area (Å²) in [6, 6.07) is 0. The predicted molar refractivity (Wildman–Crippen MR) is 43.9 cm³/mol. The van der Waals surface area contributed by atoms with E-state index in [4.69, 9.17) is 0 Å². The van der Waals surface area contributed by atoms with Gasteiger partial charge in [-0.25, -0.2) is 0 Å². The number of rotatable bonds is 6. The average Bonchev–Trinajstić information content (AvgIpc) is 1.89. The molecule has 0 fully saturated rings. The third kappa shape index (κ3) is 8.82. The summed E-state index contributed by atoms with van der Waals surface area (Å²) in [5.74, 6) is 0. The van der Waals surface area contributed by atoms with Gasteiger partial charge in [0.05, 0.1) is 0 Å². The SMILES string of the molecule is CCCCCCC[CH2][Sb]. The van der Waals surface area contributed by atoms with Crippen molar-refractivity contribution < 1.29 is 0 Å². The molecule has 0 nitrogen and oxygen atoms in total. The summed E-state index contributed by atoms with van der Waals surface area (Å²) in [6.45, 7) is 2.27. The molecular formula is C8H17Sb. The van der Waals surface area contributed by atoms with E-state index in [1.54, 1.807) is 0 Å². The van der Waals surface area contributed by atoms with Gasteiger partial charge in [0.1, 0.15) is 0 Å². The maximum atomic E-state index is 2.27. The topological polar surface area (TPSA) is 0 Å². The second-order valence-electron chi connectivity index (χ2n) is 2.49. The van der Waals surface area contributed by atoms with Crippen LogP contribution in [0.2, 0.25) is 4.37 Å². The Morgan fingerprint density at radius 2 is 1.44 bits per heavy atom. The third-order valence-corrected chi connectivity index (χ3v) is 2.41. The zero-order valence-electron chi connectivity index (χ0n) is 6.40. The minimum absolute atomic E-state index is 1.37. The molecule has 0 rings (SSSR count). The molecule has 0 aromatic rings. The van der Waals surface area contributed by atoms with Gasteiger partial charge < -0.3 is 0 Å². The van der Waals surface area contributed by atoms with Gasteiger partial charge >= 0.3 is 72.8 Å². The Hall–Kier alpha value is 0.818. The molecule has 54 valence electrons. The molecule has 0 amide bonds. The Kier molecular flexibility index (Phi) is 9.62. The molecule has 0 unspecified atom stereocenters. The molecule has 0 heterocycles. The van der Waals surface area contributed by atoms with E-state index in [1.807, 2.05) is 23.0 Å². The Labute approximate surface area is 72.9 Å². The first kappa shape index (κ1) is 9.82. The monoisotopic (exact) mass is 234 g/mol. The second-order valence-corrected chi connectivity index (χ2v) is 3.77. The Bertz CT molecular complexity index is 37.8. The molecule has 0 spiro atoms. The molecule has 2 radical (unpaired) electrons. The van der Waals surface area contributed by atoms with Crippen LogP contribution in [0.5, 0.6) is 0 Å². The van der Waals surface area contributed by atoms with E-state index in [0.717, 1.165) is 0 Å². The van der Waals surface area contributed by atoms with Gasteiger partial charge in [0.25, 0.3) is 0 Å². The molecule has 1 heteroatoms. The molecule has 0 aliphatic rings. The van der Waals surface area contributed by atoms with Crippen LogP contribution in [0.25, 0.3) is 0 Å². The van der Waals surface area contributed by atoms with Crippen molar-refractivity contribution in [3.8, 4) is 0 Å². The summed E-state index contributed by atoms with van der Waals surface area (Å²) in [6.07, 6.45) is 8.66. The average molecular weight is 235 g/mol. The van der Waals surface area contributed by atoms with Gasteiger partial charge in [0.15, 0.2) is 0 Å². The van der Waals surface area contributed by atoms with Crippen LogP contribution in [0.15, 0.2) is 0 Å². The van der Waals surface area contributed by atoms with Crippen LogP contribution in [-0.4, -0.2) is 23.0 Å². The zero-order chi connectivity index (χ0) is 6.95. The third-order valence-electron chi connectivity index (χ3n) is 1.51. The quantitative estimate of drug-likeness (QED) is 0.490. The molecule has 0 saturated heterocycles. The van der Waals surface area contributed by atoms with E-state index in [0.29, 0.717) is 0 Å². The van der Waals surface area contributed by atoms with Crippen molar-refractivity contribution in [2.24, 2.45) is 0 Å². The van der Waals surface area contributed by atoms with Crippen LogP contribution in [-0.2, 0) is 0 Å². The molecule has 0 N–H and O–H groups in total. The van der Waals surface area contributed by atoms with Crippen LogP contribution >= 0.6 is 0 Å². The summed E-state index contributed by atoms with van der Waals surface area (Å²) in [5, 5.41) is 0. The van der Waals surface area contributed by atoms with Gasteiger partial charge in [-0.15, -0.1) is 0 Å². The van der Waals surface area contributed by atoms with Crippen molar-refractivity contribution in [3.05, 3.63) is 0 Å². The zero-order valence-corrected chi connectivity index (χ0v) is 8.95. The Morgan fingerprint density at radius 1 is 0.889 bits per heavy atom. The molecule has 0 aromatic carbocycles. The predicted octanol–water partition coefficient (Wildman–Crippen LogP) is 2.93. The summed E-state index contributed by atoms with van der Waals surface area (Å²) < 4.78 is 1.42. The molecule has 0 aliphatic carbocycles. The summed E-state index contributed by atoms with van der Waals surface area (Å²) in [5.41, 5.74) is 0. The fourth-order valence-electron chi connectivity index (χ4n) is 0.892. The molecule has 0 aromatic heterocycles. The molecule has 0 saturated carbocycles. The normalized spacial score (nSPS) is 10.0. The van der Waals surface area contributed by atoms with Gasteiger partial charge in [-0.05, 0) is 0 Å². The number of hydrogen-bond donors (Lipinski definition) is 0. The van der Waals surface area contributed by atoms with E-state index >= 15 is 0 Å². The molecule has 0 bridgehead atoms. The van der Waals surface area contributed by atoms with Crippen molar-refractivity contribution in [1.29, 1.82) is 0 Å². The van der Waals surface area contributed by atoms with Gasteiger partial charge in [0.2, 0.25) is 0 Å². The first-order chi connectivity index (χ1) is 4.41. The summed E-state index contributed by atoms with van der Waals surface area (Å²) in [4.78, 5) is 0. The van der Waals surface area contributed by atoms with E-state index in [9.17, 15) is 0 Å². The van der Waals surface area contributed by atoms with Crippen LogP contribution in [0, 0.1) is 0 Å². The minimum atomic E-state index is 1.37. The molecule has 9 heavy (non-hydrogen) atoms. The van der Waals surface area contributed by atoms with Crippen LogP contribution in [0.3, 0.4) is 0 Å². The van der Waals surface area contributed by atoms with Crippen molar-refractivity contribution in [2.45, 2.75) is 49.8 Å². The van der Waals surface area contributed by atoms with Gasteiger partial charge in [-0.1, -0.05) is 0 Å². The van der Waals surface area contributed by atoms with Gasteiger partial charge in [-0.3, -0.25) is 0 Å². The van der Waals surface area contributed by atoms with Gasteiger partial charge in [-0.2, -0.15) is 0 Å². The van der Waals surface area contributed by atoms with Gasteiger partial charge in [0, 0.05) is 0 Å². The fraction of sp³-hybridized carbons (Fsp3) is 1.00. The maximum absolute atomic E-state index is 2.27. The first-order valence-corrected chi connectivity index (χ1v) is 5.83. The summed E-state index contributed by atoms with van der Waals surface area (Å²) in [7, 11) is 0. The Morgan fingerprint density at radius 3 is 2.00 bits per heavy atom. The Balaban J connectivity index is 2.60. The van der Waals surface area contributed by atoms with E-state index in [-0.39, 0.29) is 0 Å². The summed E-state index contributed by atoms with van der Waals surface area (Å²) >= 11 is 1.96. The number of unbranched alkanes of at least 4 members (excludes halogenated alkanes) is 5.